The molecule has 0 amide bonds. The Morgan fingerprint density at radius 2 is 1.90 bits per heavy atom. The van der Waals surface area contributed by atoms with Crippen molar-refractivity contribution in [2.45, 2.75) is 57.5 Å². The van der Waals surface area contributed by atoms with Crippen molar-refractivity contribution in [1.82, 2.24) is 0 Å². The van der Waals surface area contributed by atoms with Gasteiger partial charge in [-0.1, -0.05) is 24.5 Å². The van der Waals surface area contributed by atoms with Gasteiger partial charge in [0.2, 0.25) is 0 Å². The maximum Gasteiger partial charge on any atom is 0.416 e. The Balaban J connectivity index is 1.77. The molecule has 0 spiro atoms. The highest BCUT2D eigenvalue weighted by Gasteiger charge is 2.34. The average molecular weight is 412 g/mol. The monoisotopic (exact) mass is 412 g/mol. The highest BCUT2D eigenvalue weighted by molar-refractivity contribution is 5.67. The SMILES string of the molecule is O=C(O)CCc1ccc(OCC2=C(C3CCCC3)CCOCC2)cc1C(F)(F)F. The van der Waals surface area contributed by atoms with E-state index in [9.17, 15) is 18.0 Å². The van der Waals surface area contributed by atoms with Crippen LogP contribution in [0, 0.1) is 5.92 Å². The minimum Gasteiger partial charge on any atom is -0.489 e. The number of rotatable bonds is 7. The third kappa shape index (κ3) is 5.98. The van der Waals surface area contributed by atoms with E-state index < -0.39 is 17.7 Å². The predicted molar refractivity (Wildman–Crippen MR) is 102 cm³/mol. The highest BCUT2D eigenvalue weighted by atomic mass is 19.4. The lowest BCUT2D eigenvalue weighted by atomic mass is 9.90. The van der Waals surface area contributed by atoms with Gasteiger partial charge in [-0.15, -0.1) is 0 Å². The van der Waals surface area contributed by atoms with Gasteiger partial charge in [0.05, 0.1) is 18.8 Å². The van der Waals surface area contributed by atoms with Crippen molar-refractivity contribution in [2.24, 2.45) is 5.92 Å². The maximum atomic E-state index is 13.4. The van der Waals surface area contributed by atoms with Crippen molar-refractivity contribution < 1.29 is 32.5 Å². The van der Waals surface area contributed by atoms with Gasteiger partial charge in [-0.25, -0.2) is 0 Å². The molecule has 2 aliphatic rings. The third-order valence-electron chi connectivity index (χ3n) is 5.77. The molecule has 1 saturated carbocycles. The summed E-state index contributed by atoms with van der Waals surface area (Å²) in [4.78, 5) is 10.7. The standard InChI is InChI=1S/C22H27F3O4/c23-22(24,25)20-13-18(7-5-16(20)6-8-21(26)27)29-14-17-9-11-28-12-10-19(17)15-3-1-2-4-15/h5,7,13,15H,1-4,6,8-12,14H2,(H,26,27). The van der Waals surface area contributed by atoms with Gasteiger partial charge in [0, 0.05) is 6.42 Å². The number of ether oxygens (including phenoxy) is 2. The summed E-state index contributed by atoms with van der Waals surface area (Å²) >= 11 is 0. The zero-order valence-corrected chi connectivity index (χ0v) is 16.4. The summed E-state index contributed by atoms with van der Waals surface area (Å²) in [5, 5.41) is 8.77. The molecule has 1 aromatic carbocycles. The Labute approximate surface area is 168 Å². The second-order valence-corrected chi connectivity index (χ2v) is 7.72. The second kappa shape index (κ2) is 9.65. The number of halogens is 3. The maximum absolute atomic E-state index is 13.4. The predicted octanol–water partition coefficient (Wildman–Crippen LogP) is 5.40. The van der Waals surface area contributed by atoms with Gasteiger partial charge in [0.1, 0.15) is 12.4 Å². The first-order valence-corrected chi connectivity index (χ1v) is 10.2. The summed E-state index contributed by atoms with van der Waals surface area (Å²) in [5.74, 6) is -0.431. The van der Waals surface area contributed by atoms with Crippen LogP contribution in [0.4, 0.5) is 13.2 Å². The number of hydrogen-bond donors (Lipinski definition) is 1. The normalized spacial score (nSPS) is 18.7. The number of hydrogen-bond acceptors (Lipinski definition) is 3. The van der Waals surface area contributed by atoms with Gasteiger partial charge in [0.25, 0.3) is 0 Å². The van der Waals surface area contributed by atoms with Crippen LogP contribution in [-0.2, 0) is 22.1 Å². The van der Waals surface area contributed by atoms with Crippen LogP contribution >= 0.6 is 0 Å². The molecule has 0 radical (unpaired) electrons. The molecule has 1 fully saturated rings. The van der Waals surface area contributed by atoms with Crippen LogP contribution in [0.25, 0.3) is 0 Å². The summed E-state index contributed by atoms with van der Waals surface area (Å²) in [6.07, 6.45) is 1.30. The van der Waals surface area contributed by atoms with Crippen LogP contribution in [0.1, 0.15) is 56.1 Å². The smallest absolute Gasteiger partial charge is 0.416 e. The van der Waals surface area contributed by atoms with Crippen molar-refractivity contribution in [2.75, 3.05) is 19.8 Å². The van der Waals surface area contributed by atoms with Gasteiger partial charge in [-0.3, -0.25) is 4.79 Å². The Bertz CT molecular complexity index is 749. The summed E-state index contributed by atoms with van der Waals surface area (Å²) in [7, 11) is 0. The van der Waals surface area contributed by atoms with Crippen LogP contribution in [0.15, 0.2) is 29.3 Å². The molecule has 1 aromatic rings. The van der Waals surface area contributed by atoms with E-state index in [4.69, 9.17) is 14.6 Å². The van der Waals surface area contributed by atoms with E-state index in [0.29, 0.717) is 19.1 Å². The number of benzene rings is 1. The lowest BCUT2D eigenvalue weighted by molar-refractivity contribution is -0.140. The Morgan fingerprint density at radius 1 is 1.17 bits per heavy atom. The molecule has 0 bridgehead atoms. The number of carboxylic acid groups (broad SMARTS) is 1. The van der Waals surface area contributed by atoms with E-state index in [2.05, 4.69) is 0 Å². The average Bonchev–Trinajstić information content (AvgIpc) is 3.10. The minimum absolute atomic E-state index is 0.0269. The van der Waals surface area contributed by atoms with Crippen molar-refractivity contribution in [1.29, 1.82) is 0 Å². The molecule has 3 rings (SSSR count). The zero-order valence-electron chi connectivity index (χ0n) is 16.4. The lowest BCUT2D eigenvalue weighted by Gasteiger charge is -2.19. The first kappa shape index (κ1) is 21.7. The molecular weight excluding hydrogens is 385 g/mol. The van der Waals surface area contributed by atoms with Gasteiger partial charge in [0.15, 0.2) is 0 Å². The summed E-state index contributed by atoms with van der Waals surface area (Å²) in [6, 6.07) is 3.80. The molecule has 1 N–H and O–H groups in total. The molecule has 0 unspecified atom stereocenters. The molecule has 0 aromatic heterocycles. The Hall–Kier alpha value is -2.02. The Morgan fingerprint density at radius 3 is 2.59 bits per heavy atom. The van der Waals surface area contributed by atoms with Gasteiger partial charge < -0.3 is 14.6 Å². The van der Waals surface area contributed by atoms with Crippen molar-refractivity contribution >= 4 is 5.97 Å². The molecule has 0 atom stereocenters. The molecule has 7 heteroatoms. The van der Waals surface area contributed by atoms with Crippen molar-refractivity contribution in [3.8, 4) is 5.75 Å². The first-order chi connectivity index (χ1) is 13.8. The molecule has 0 saturated heterocycles. The summed E-state index contributed by atoms with van der Waals surface area (Å²) < 4.78 is 51.7. The fraction of sp³-hybridized carbons (Fsp3) is 0.591. The lowest BCUT2D eigenvalue weighted by Crippen LogP contribution is -2.12. The fourth-order valence-corrected chi connectivity index (χ4v) is 4.29. The highest BCUT2D eigenvalue weighted by Crippen LogP contribution is 2.37. The molecule has 1 aliphatic carbocycles. The molecule has 4 nitrogen and oxygen atoms in total. The molecule has 1 aliphatic heterocycles. The van der Waals surface area contributed by atoms with Crippen molar-refractivity contribution in [3.63, 3.8) is 0 Å². The number of carbonyl (C=O) groups is 1. The van der Waals surface area contributed by atoms with Crippen LogP contribution in [0.2, 0.25) is 0 Å². The molecule has 29 heavy (non-hydrogen) atoms. The molecule has 1 heterocycles. The summed E-state index contributed by atoms with van der Waals surface area (Å²) in [6.45, 7) is 1.56. The van der Waals surface area contributed by atoms with Crippen molar-refractivity contribution in [3.05, 3.63) is 40.5 Å². The molecule has 160 valence electrons. The van der Waals surface area contributed by atoms with E-state index >= 15 is 0 Å². The van der Waals surface area contributed by atoms with Gasteiger partial charge in [-0.2, -0.15) is 13.2 Å². The van der Waals surface area contributed by atoms with Crippen LogP contribution < -0.4 is 4.74 Å². The zero-order chi connectivity index (χ0) is 20.9. The topological polar surface area (TPSA) is 55.8 Å². The van der Waals surface area contributed by atoms with Crippen LogP contribution in [0.5, 0.6) is 5.75 Å². The first-order valence-electron chi connectivity index (χ1n) is 10.2. The number of alkyl halides is 3. The Kier molecular flexibility index (Phi) is 7.22. The van der Waals surface area contributed by atoms with E-state index in [-0.39, 0.29) is 30.8 Å². The largest absolute Gasteiger partial charge is 0.489 e. The van der Waals surface area contributed by atoms with Crippen LogP contribution in [-0.4, -0.2) is 30.9 Å². The minimum atomic E-state index is -4.56. The fourth-order valence-electron chi connectivity index (χ4n) is 4.29. The van der Waals surface area contributed by atoms with E-state index in [0.717, 1.165) is 37.3 Å². The number of aliphatic carboxylic acids is 1. The van der Waals surface area contributed by atoms with Gasteiger partial charge >= 0.3 is 12.1 Å². The summed E-state index contributed by atoms with van der Waals surface area (Å²) in [5.41, 5.74) is 1.67. The van der Waals surface area contributed by atoms with E-state index in [1.54, 1.807) is 0 Å². The number of aryl methyl sites for hydroxylation is 1. The van der Waals surface area contributed by atoms with E-state index in [1.165, 1.54) is 30.5 Å². The van der Waals surface area contributed by atoms with Gasteiger partial charge in [-0.05, 0) is 61.3 Å². The van der Waals surface area contributed by atoms with Crippen LogP contribution in [0.3, 0.4) is 0 Å². The third-order valence-corrected chi connectivity index (χ3v) is 5.77. The van der Waals surface area contributed by atoms with E-state index in [1.807, 2.05) is 0 Å². The second-order valence-electron chi connectivity index (χ2n) is 7.72. The number of carboxylic acids is 1. The molecular formula is C22H27F3O4. The quantitative estimate of drug-likeness (QED) is 0.610.